The van der Waals surface area contributed by atoms with Crippen molar-refractivity contribution in [3.8, 4) is 0 Å². The maximum absolute atomic E-state index is 12.5. The summed E-state index contributed by atoms with van der Waals surface area (Å²) in [6.07, 6.45) is 5.71. The number of nitrogens with zero attached hydrogens (tertiary/aromatic N) is 2. The van der Waals surface area contributed by atoms with Crippen LogP contribution in [0.2, 0.25) is 0 Å². The molecular weight excluding hydrogens is 326 g/mol. The first kappa shape index (κ1) is 18.6. The van der Waals surface area contributed by atoms with Gasteiger partial charge in [-0.25, -0.2) is 0 Å². The summed E-state index contributed by atoms with van der Waals surface area (Å²) in [4.78, 5) is 12.5. The van der Waals surface area contributed by atoms with Gasteiger partial charge < -0.3 is 10.1 Å². The Bertz CT molecular complexity index is 726. The molecule has 1 fully saturated rings. The Balaban J connectivity index is 1.73. The smallest absolute Gasteiger partial charge is 0.251 e. The highest BCUT2D eigenvalue weighted by molar-refractivity contribution is 5.94. The van der Waals surface area contributed by atoms with Crippen LogP contribution in [-0.2, 0) is 11.3 Å². The Kier molecular flexibility index (Phi) is 6.09. The van der Waals surface area contributed by atoms with Crippen LogP contribution in [0.15, 0.2) is 36.5 Å². The summed E-state index contributed by atoms with van der Waals surface area (Å²) in [7, 11) is 0. The van der Waals surface area contributed by atoms with Gasteiger partial charge in [-0.2, -0.15) is 5.10 Å². The van der Waals surface area contributed by atoms with Crippen molar-refractivity contribution in [2.24, 2.45) is 0 Å². The second kappa shape index (κ2) is 8.49. The van der Waals surface area contributed by atoms with Gasteiger partial charge >= 0.3 is 0 Å². The largest absolute Gasteiger partial charge is 0.370 e. The van der Waals surface area contributed by atoms with E-state index in [1.165, 1.54) is 5.69 Å². The molecule has 5 heteroatoms. The molecule has 26 heavy (non-hydrogen) atoms. The minimum absolute atomic E-state index is 0.00972. The van der Waals surface area contributed by atoms with Crippen LogP contribution in [0.1, 0.15) is 67.3 Å². The van der Waals surface area contributed by atoms with Crippen molar-refractivity contribution >= 4 is 5.91 Å². The molecule has 140 valence electrons. The van der Waals surface area contributed by atoms with Gasteiger partial charge in [0, 0.05) is 29.4 Å². The quantitative estimate of drug-likeness (QED) is 0.851. The zero-order chi connectivity index (χ0) is 18.5. The molecule has 3 atom stereocenters. The highest BCUT2D eigenvalue weighted by Crippen LogP contribution is 2.34. The molecule has 1 aromatic carbocycles. The van der Waals surface area contributed by atoms with Crippen molar-refractivity contribution in [2.45, 2.75) is 71.2 Å². The molecule has 1 amide bonds. The summed E-state index contributed by atoms with van der Waals surface area (Å²) in [6, 6.07) is 9.51. The predicted molar refractivity (Wildman–Crippen MR) is 102 cm³/mol. The lowest BCUT2D eigenvalue weighted by molar-refractivity contribution is -0.0635. The monoisotopic (exact) mass is 355 g/mol. The second-order valence-electron chi connectivity index (χ2n) is 7.07. The summed E-state index contributed by atoms with van der Waals surface area (Å²) >= 11 is 0. The Hall–Kier alpha value is -2.14. The van der Waals surface area contributed by atoms with Crippen LogP contribution in [0.3, 0.4) is 0 Å². The number of amides is 1. The van der Waals surface area contributed by atoms with E-state index in [4.69, 9.17) is 4.74 Å². The van der Waals surface area contributed by atoms with Crippen molar-refractivity contribution in [1.82, 2.24) is 15.1 Å². The molecule has 0 bridgehead atoms. The van der Waals surface area contributed by atoms with Gasteiger partial charge in [0.1, 0.15) is 0 Å². The Morgan fingerprint density at radius 3 is 2.73 bits per heavy atom. The van der Waals surface area contributed by atoms with E-state index in [1.54, 1.807) is 0 Å². The molecule has 1 aliphatic heterocycles. The third kappa shape index (κ3) is 4.15. The van der Waals surface area contributed by atoms with E-state index in [-0.39, 0.29) is 24.2 Å². The molecule has 3 rings (SSSR count). The molecule has 0 saturated carbocycles. The Labute approximate surface area is 155 Å². The molecular formula is C21H29N3O2. The van der Waals surface area contributed by atoms with E-state index in [0.29, 0.717) is 5.56 Å². The van der Waals surface area contributed by atoms with E-state index >= 15 is 0 Å². The number of nitrogens with one attached hydrogen (secondary N) is 1. The van der Waals surface area contributed by atoms with Gasteiger partial charge in [0.15, 0.2) is 0 Å². The van der Waals surface area contributed by atoms with Crippen LogP contribution in [-0.4, -0.2) is 27.8 Å². The van der Waals surface area contributed by atoms with Gasteiger partial charge in [0.2, 0.25) is 0 Å². The van der Waals surface area contributed by atoms with E-state index in [0.717, 1.165) is 37.8 Å². The Morgan fingerprint density at radius 1 is 1.27 bits per heavy atom. The van der Waals surface area contributed by atoms with Crippen LogP contribution in [0, 0.1) is 6.92 Å². The summed E-state index contributed by atoms with van der Waals surface area (Å²) in [5, 5.41) is 7.72. The van der Waals surface area contributed by atoms with Gasteiger partial charge in [-0.05, 0) is 44.7 Å². The minimum Gasteiger partial charge on any atom is -0.370 e. The van der Waals surface area contributed by atoms with Gasteiger partial charge in [-0.15, -0.1) is 0 Å². The maximum Gasteiger partial charge on any atom is 0.251 e. The van der Waals surface area contributed by atoms with Crippen LogP contribution < -0.4 is 5.32 Å². The first-order valence-electron chi connectivity index (χ1n) is 9.66. The fraction of sp³-hybridized carbons (Fsp3) is 0.524. The molecule has 1 aliphatic rings. The number of benzene rings is 1. The second-order valence-corrected chi connectivity index (χ2v) is 7.07. The standard InChI is InChI=1S/C21H29N3O2/c1-4-11-24-15(3)19(14-22-24)20-13-17(12-18(5-2)26-20)23-21(25)16-9-7-6-8-10-16/h6-10,14,17-18,20H,4-5,11-13H2,1-3H3,(H,23,25)/t17-,18+,20+/m1/s1. The lowest BCUT2D eigenvalue weighted by Gasteiger charge is -2.35. The highest BCUT2D eigenvalue weighted by Gasteiger charge is 2.32. The third-order valence-electron chi connectivity index (χ3n) is 5.15. The third-order valence-corrected chi connectivity index (χ3v) is 5.15. The molecule has 1 saturated heterocycles. The SMILES string of the molecule is CCCn1ncc([C@@H]2C[C@H](NC(=O)c3ccccc3)C[C@H](CC)O2)c1C. The molecule has 2 aromatic rings. The molecule has 0 spiro atoms. The number of ether oxygens (including phenoxy) is 1. The lowest BCUT2D eigenvalue weighted by Crippen LogP contribution is -2.43. The Morgan fingerprint density at radius 2 is 2.04 bits per heavy atom. The van der Waals surface area contributed by atoms with Crippen LogP contribution in [0.4, 0.5) is 0 Å². The normalized spacial score (nSPS) is 23.0. The number of hydrogen-bond donors (Lipinski definition) is 1. The molecule has 5 nitrogen and oxygen atoms in total. The molecule has 2 heterocycles. The predicted octanol–water partition coefficient (Wildman–Crippen LogP) is 4.03. The van der Waals surface area contributed by atoms with Crippen LogP contribution in [0.25, 0.3) is 0 Å². The number of aryl methyl sites for hydroxylation is 1. The molecule has 0 aliphatic carbocycles. The summed E-state index contributed by atoms with van der Waals surface area (Å²) in [5.41, 5.74) is 3.02. The van der Waals surface area contributed by atoms with Crippen molar-refractivity contribution in [3.05, 3.63) is 53.3 Å². The number of hydrogen-bond acceptors (Lipinski definition) is 3. The van der Waals surface area contributed by atoms with Crippen molar-refractivity contribution in [2.75, 3.05) is 0 Å². The molecule has 0 unspecified atom stereocenters. The highest BCUT2D eigenvalue weighted by atomic mass is 16.5. The minimum atomic E-state index is -0.0135. The average Bonchev–Trinajstić information content (AvgIpc) is 3.03. The van der Waals surface area contributed by atoms with Crippen molar-refractivity contribution < 1.29 is 9.53 Å². The van der Waals surface area contributed by atoms with Gasteiger partial charge in [0.25, 0.3) is 5.91 Å². The molecule has 1 N–H and O–H groups in total. The van der Waals surface area contributed by atoms with E-state index in [1.807, 2.05) is 41.2 Å². The zero-order valence-corrected chi connectivity index (χ0v) is 15.9. The van der Waals surface area contributed by atoms with Gasteiger partial charge in [-0.3, -0.25) is 9.48 Å². The molecule has 1 aromatic heterocycles. The zero-order valence-electron chi connectivity index (χ0n) is 15.9. The summed E-state index contributed by atoms with van der Waals surface area (Å²) in [6.45, 7) is 7.31. The van der Waals surface area contributed by atoms with Crippen molar-refractivity contribution in [1.29, 1.82) is 0 Å². The van der Waals surface area contributed by atoms with Gasteiger partial charge in [-0.1, -0.05) is 32.0 Å². The number of aromatic nitrogens is 2. The van der Waals surface area contributed by atoms with Crippen LogP contribution in [0.5, 0.6) is 0 Å². The fourth-order valence-electron chi connectivity index (χ4n) is 3.67. The van der Waals surface area contributed by atoms with E-state index in [2.05, 4.69) is 31.2 Å². The van der Waals surface area contributed by atoms with Crippen LogP contribution >= 0.6 is 0 Å². The summed E-state index contributed by atoms with van der Waals surface area (Å²) < 4.78 is 8.35. The van der Waals surface area contributed by atoms with Crippen molar-refractivity contribution in [3.63, 3.8) is 0 Å². The first-order valence-corrected chi connectivity index (χ1v) is 9.66. The fourth-order valence-corrected chi connectivity index (χ4v) is 3.67. The van der Waals surface area contributed by atoms with E-state index in [9.17, 15) is 4.79 Å². The van der Waals surface area contributed by atoms with Gasteiger partial charge in [0.05, 0.1) is 18.4 Å². The summed E-state index contributed by atoms with van der Waals surface area (Å²) in [5.74, 6) is -0.00972. The number of rotatable bonds is 6. The lowest BCUT2D eigenvalue weighted by atomic mass is 9.93. The average molecular weight is 355 g/mol. The molecule has 0 radical (unpaired) electrons. The number of carbonyl (C=O) groups excluding carboxylic acids is 1. The number of carbonyl (C=O) groups is 1. The topological polar surface area (TPSA) is 56.2 Å². The maximum atomic E-state index is 12.5. The first-order chi connectivity index (χ1) is 12.6. The van der Waals surface area contributed by atoms with E-state index < -0.39 is 0 Å².